The fraction of sp³-hybridized carbons (Fsp3) is 0.571. The minimum absolute atomic E-state index is 0.577. The molecule has 94 valence electrons. The van der Waals surface area contributed by atoms with Gasteiger partial charge in [-0.15, -0.1) is 0 Å². The third-order valence-corrected chi connectivity index (χ3v) is 4.62. The Morgan fingerprint density at radius 1 is 1.53 bits per heavy atom. The lowest BCUT2D eigenvalue weighted by molar-refractivity contribution is 0.199. The first-order valence-corrected chi connectivity index (χ1v) is 7.62. The van der Waals surface area contributed by atoms with Gasteiger partial charge in [-0.3, -0.25) is 4.90 Å². The van der Waals surface area contributed by atoms with Crippen molar-refractivity contribution in [2.45, 2.75) is 31.8 Å². The summed E-state index contributed by atoms with van der Waals surface area (Å²) in [5.74, 6) is 1.19. The molecule has 2 rings (SSSR count). The lowest BCUT2D eigenvalue weighted by Gasteiger charge is -2.31. The molecule has 2 nitrogen and oxygen atoms in total. The topological polar surface area (TPSA) is 29.3 Å². The van der Waals surface area contributed by atoms with Gasteiger partial charge in [0.2, 0.25) is 0 Å². The maximum absolute atomic E-state index is 5.84. The molecule has 0 amide bonds. The molecule has 0 heterocycles. The molecule has 1 aromatic carbocycles. The van der Waals surface area contributed by atoms with Gasteiger partial charge in [-0.25, -0.2) is 0 Å². The van der Waals surface area contributed by atoms with Crippen molar-refractivity contribution < 1.29 is 0 Å². The van der Waals surface area contributed by atoms with Crippen LogP contribution in [0, 0.1) is 0 Å². The highest BCUT2D eigenvalue weighted by atomic mass is 32.2. The molecule has 0 aliphatic heterocycles. The third kappa shape index (κ3) is 2.61. The van der Waals surface area contributed by atoms with Crippen LogP contribution in [0.1, 0.15) is 30.5 Å². The number of thioether (sulfide) groups is 1. The van der Waals surface area contributed by atoms with Gasteiger partial charge in [-0.05, 0) is 56.3 Å². The van der Waals surface area contributed by atoms with E-state index in [4.69, 9.17) is 5.73 Å². The molecule has 1 aromatic rings. The summed E-state index contributed by atoms with van der Waals surface area (Å²) in [5.41, 5.74) is 9.66. The van der Waals surface area contributed by atoms with E-state index in [2.05, 4.69) is 37.3 Å². The van der Waals surface area contributed by atoms with Crippen molar-refractivity contribution in [3.05, 3.63) is 29.3 Å². The number of nitrogens with two attached hydrogens (primary N) is 1. The Hall–Kier alpha value is -0.670. The summed E-state index contributed by atoms with van der Waals surface area (Å²) in [6.07, 6.45) is 4.57. The Kier molecular flexibility index (Phi) is 4.00. The number of hydrogen-bond acceptors (Lipinski definition) is 3. The molecule has 2 N–H and O–H groups in total. The van der Waals surface area contributed by atoms with Crippen LogP contribution in [-0.4, -0.2) is 30.0 Å². The number of anilines is 1. The molecule has 1 aliphatic carbocycles. The number of nitrogens with zero attached hydrogens (tertiary/aromatic N) is 1. The van der Waals surface area contributed by atoms with Crippen LogP contribution < -0.4 is 5.73 Å². The second-order valence-electron chi connectivity index (χ2n) is 4.98. The molecular weight excluding hydrogens is 228 g/mol. The van der Waals surface area contributed by atoms with E-state index < -0.39 is 0 Å². The van der Waals surface area contributed by atoms with E-state index in [0.29, 0.717) is 12.1 Å². The normalized spacial score (nSPS) is 20.6. The summed E-state index contributed by atoms with van der Waals surface area (Å²) >= 11 is 1.92. The maximum Gasteiger partial charge on any atom is 0.0354 e. The number of rotatable bonds is 4. The van der Waals surface area contributed by atoms with Crippen LogP contribution in [0.4, 0.5) is 5.69 Å². The molecule has 0 bridgehead atoms. The number of benzene rings is 1. The molecule has 2 atom stereocenters. The minimum Gasteiger partial charge on any atom is -0.399 e. The minimum atomic E-state index is 0.577. The van der Waals surface area contributed by atoms with Crippen LogP contribution in [0.2, 0.25) is 0 Å². The van der Waals surface area contributed by atoms with Crippen LogP contribution in [-0.2, 0) is 6.42 Å². The fourth-order valence-electron chi connectivity index (χ4n) is 2.70. The predicted molar refractivity (Wildman–Crippen MR) is 77.5 cm³/mol. The first kappa shape index (κ1) is 12.8. The van der Waals surface area contributed by atoms with Gasteiger partial charge in [-0.1, -0.05) is 6.07 Å². The molecule has 2 unspecified atom stereocenters. The zero-order chi connectivity index (χ0) is 12.4. The van der Waals surface area contributed by atoms with Crippen molar-refractivity contribution >= 4 is 17.4 Å². The summed E-state index contributed by atoms with van der Waals surface area (Å²) in [5, 5.41) is 0. The largest absolute Gasteiger partial charge is 0.399 e. The van der Waals surface area contributed by atoms with Gasteiger partial charge in [0.25, 0.3) is 0 Å². The van der Waals surface area contributed by atoms with Crippen molar-refractivity contribution in [1.82, 2.24) is 4.90 Å². The van der Waals surface area contributed by atoms with Gasteiger partial charge < -0.3 is 5.73 Å². The van der Waals surface area contributed by atoms with E-state index >= 15 is 0 Å². The average molecular weight is 250 g/mol. The highest BCUT2D eigenvalue weighted by Crippen LogP contribution is 2.37. The third-order valence-electron chi connectivity index (χ3n) is 3.81. The second-order valence-corrected chi connectivity index (χ2v) is 5.89. The van der Waals surface area contributed by atoms with Crippen molar-refractivity contribution in [2.75, 3.05) is 24.8 Å². The van der Waals surface area contributed by atoms with E-state index in [1.807, 2.05) is 17.8 Å². The molecule has 0 spiro atoms. The van der Waals surface area contributed by atoms with E-state index in [1.165, 1.54) is 29.7 Å². The number of fused-ring (bicyclic) bond motifs is 1. The molecule has 0 aromatic heterocycles. The zero-order valence-corrected chi connectivity index (χ0v) is 11.8. The zero-order valence-electron chi connectivity index (χ0n) is 10.9. The van der Waals surface area contributed by atoms with Crippen LogP contribution in [0.15, 0.2) is 18.2 Å². The Labute approximate surface area is 109 Å². The monoisotopic (exact) mass is 250 g/mol. The van der Waals surface area contributed by atoms with Gasteiger partial charge in [-0.2, -0.15) is 11.8 Å². The molecule has 3 heteroatoms. The summed E-state index contributed by atoms with van der Waals surface area (Å²) in [7, 11) is 2.25. The van der Waals surface area contributed by atoms with Crippen LogP contribution in [0.25, 0.3) is 0 Å². The van der Waals surface area contributed by atoms with Crippen molar-refractivity contribution in [1.29, 1.82) is 0 Å². The van der Waals surface area contributed by atoms with Crippen molar-refractivity contribution in [2.24, 2.45) is 0 Å². The van der Waals surface area contributed by atoms with Crippen LogP contribution in [0.3, 0.4) is 0 Å². The summed E-state index contributed by atoms with van der Waals surface area (Å²) in [6, 6.07) is 7.59. The van der Waals surface area contributed by atoms with Gasteiger partial charge in [0.15, 0.2) is 0 Å². The van der Waals surface area contributed by atoms with E-state index in [-0.39, 0.29) is 0 Å². The quantitative estimate of drug-likeness (QED) is 0.833. The average Bonchev–Trinajstić information content (AvgIpc) is 2.71. The van der Waals surface area contributed by atoms with E-state index in [9.17, 15) is 0 Å². The SMILES string of the molecule is CSCC(C)N(C)C1CCc2cc(N)ccc21. The van der Waals surface area contributed by atoms with Gasteiger partial charge >= 0.3 is 0 Å². The molecule has 1 aliphatic rings. The summed E-state index contributed by atoms with van der Waals surface area (Å²) in [6.45, 7) is 2.31. The van der Waals surface area contributed by atoms with Gasteiger partial charge in [0, 0.05) is 23.5 Å². The first-order valence-electron chi connectivity index (χ1n) is 6.22. The van der Waals surface area contributed by atoms with Crippen molar-refractivity contribution in [3.8, 4) is 0 Å². The van der Waals surface area contributed by atoms with Crippen LogP contribution in [0.5, 0.6) is 0 Å². The molecule has 0 radical (unpaired) electrons. The van der Waals surface area contributed by atoms with Gasteiger partial charge in [0.05, 0.1) is 0 Å². The lowest BCUT2D eigenvalue weighted by atomic mass is 10.1. The highest BCUT2D eigenvalue weighted by Gasteiger charge is 2.27. The fourth-order valence-corrected chi connectivity index (χ4v) is 3.42. The summed E-state index contributed by atoms with van der Waals surface area (Å²) in [4.78, 5) is 2.51. The lowest BCUT2D eigenvalue weighted by Crippen LogP contribution is -2.33. The standard InChI is InChI=1S/C14H22N2S/c1-10(9-17-3)16(2)14-7-4-11-8-12(15)5-6-13(11)14/h5-6,8,10,14H,4,7,9,15H2,1-3H3. The molecule has 17 heavy (non-hydrogen) atoms. The number of nitrogen functional groups attached to an aromatic ring is 1. The van der Waals surface area contributed by atoms with E-state index in [0.717, 1.165) is 5.69 Å². The summed E-state index contributed by atoms with van der Waals surface area (Å²) < 4.78 is 0. The predicted octanol–water partition coefficient (Wildman–Crippen LogP) is 2.94. The number of aryl methyl sites for hydroxylation is 1. The highest BCUT2D eigenvalue weighted by molar-refractivity contribution is 7.98. The molecule has 0 saturated heterocycles. The molecule has 0 saturated carbocycles. The first-order chi connectivity index (χ1) is 8.13. The second kappa shape index (κ2) is 5.32. The van der Waals surface area contributed by atoms with E-state index in [1.54, 1.807) is 0 Å². The number of hydrogen-bond donors (Lipinski definition) is 1. The Bertz CT molecular complexity index is 392. The van der Waals surface area contributed by atoms with Crippen LogP contribution >= 0.6 is 11.8 Å². The Morgan fingerprint density at radius 2 is 2.29 bits per heavy atom. The smallest absolute Gasteiger partial charge is 0.0354 e. The van der Waals surface area contributed by atoms with Gasteiger partial charge in [0.1, 0.15) is 0 Å². The maximum atomic E-state index is 5.84. The Morgan fingerprint density at radius 3 is 3.00 bits per heavy atom. The molecule has 0 fully saturated rings. The Balaban J connectivity index is 2.16. The molecular formula is C14H22N2S. The van der Waals surface area contributed by atoms with Crippen molar-refractivity contribution in [3.63, 3.8) is 0 Å².